The van der Waals surface area contributed by atoms with E-state index >= 15 is 0 Å². The van der Waals surface area contributed by atoms with Crippen LogP contribution in [0.1, 0.15) is 62.1 Å². The van der Waals surface area contributed by atoms with E-state index in [2.05, 4.69) is 18.9 Å². The van der Waals surface area contributed by atoms with Crippen molar-refractivity contribution in [3.63, 3.8) is 0 Å². The highest BCUT2D eigenvalue weighted by atomic mass is 32.2. The van der Waals surface area contributed by atoms with Gasteiger partial charge < -0.3 is 0 Å². The number of alkyl halides is 12. The van der Waals surface area contributed by atoms with Crippen LogP contribution in [0.3, 0.4) is 0 Å². The van der Waals surface area contributed by atoms with Crippen molar-refractivity contribution in [3.05, 3.63) is 310 Å². The summed E-state index contributed by atoms with van der Waals surface area (Å²) in [6, 6.07) is 54.2. The molecule has 125 heavy (non-hydrogen) atoms. The number of sulfonamides is 8. The Morgan fingerprint density at radius 2 is 0.520 bits per heavy atom. The van der Waals surface area contributed by atoms with Gasteiger partial charge in [0.05, 0.1) is 97.3 Å². The zero-order valence-corrected chi connectivity index (χ0v) is 73.1. The minimum Gasteiger partial charge on any atom is -0.284 e. The van der Waals surface area contributed by atoms with Crippen LogP contribution in [0.2, 0.25) is 0 Å². The third kappa shape index (κ3) is 27.3. The highest BCUT2D eigenvalue weighted by Gasteiger charge is 2.40. The molecule has 670 valence electrons. The largest absolute Gasteiger partial charge is 0.416 e. The SMILES string of the molecule is CN(c1ccccc1)S(=O)(=O)CCCS(=O)(=O)Nc1ccccc1.CN(c1ccccc1)S(=O)(=O)c1cccc(S(=O)(=O)Nc2ccccc2)c1.Cc1cc(C)c(NS(=O)(=O)c2cccc(S(=O)(=O)Nc3c(C)cc(C)cc3C)c2)c(C)c1.O=S(=O)(Nc1cc(C(F)(F)F)cc(C(F)(F)F)c1)c1cccc(S(=O)(=O)Nc2cc(C(F)(F)F)cc(C(F)(F)F)c2)c1. The molecule has 11 aromatic carbocycles. The van der Waals surface area contributed by atoms with Gasteiger partial charge in [0.2, 0.25) is 20.0 Å². The summed E-state index contributed by atoms with van der Waals surface area (Å²) in [6.45, 7) is 11.2. The van der Waals surface area contributed by atoms with Crippen LogP contribution in [-0.4, -0.2) is 92.9 Å². The minimum atomic E-state index is -5.34. The van der Waals surface area contributed by atoms with E-state index in [0.717, 1.165) is 49.8 Å². The lowest BCUT2D eigenvalue weighted by atomic mass is 10.1. The molecule has 0 atom stereocenters. The number of anilines is 8. The van der Waals surface area contributed by atoms with Gasteiger partial charge in [-0.3, -0.25) is 36.9 Å². The van der Waals surface area contributed by atoms with Gasteiger partial charge in [-0.15, -0.1) is 0 Å². The first-order valence-corrected chi connectivity index (χ1v) is 48.2. The van der Waals surface area contributed by atoms with Gasteiger partial charge in [0.25, 0.3) is 60.1 Å². The van der Waals surface area contributed by atoms with E-state index in [0.29, 0.717) is 52.3 Å². The summed E-state index contributed by atoms with van der Waals surface area (Å²) in [5, 5.41) is 0. The maximum atomic E-state index is 13.1. The van der Waals surface area contributed by atoms with E-state index in [4.69, 9.17) is 0 Å². The number of rotatable bonds is 26. The van der Waals surface area contributed by atoms with Crippen molar-refractivity contribution in [2.75, 3.05) is 62.5 Å². The molecular formula is C81H78F12N8O16S8. The topological polar surface area (TPSA) is 352 Å². The van der Waals surface area contributed by atoms with Crippen molar-refractivity contribution < 1.29 is 120 Å². The van der Waals surface area contributed by atoms with Gasteiger partial charge in [-0.1, -0.05) is 126 Å². The first-order valence-electron chi connectivity index (χ1n) is 36.0. The molecule has 0 fully saturated rings. The number of benzene rings is 11. The maximum Gasteiger partial charge on any atom is 0.416 e. The van der Waals surface area contributed by atoms with E-state index in [1.165, 1.54) is 70.3 Å². The normalized spacial score (nSPS) is 12.4. The zero-order chi connectivity index (χ0) is 93.1. The van der Waals surface area contributed by atoms with Gasteiger partial charge in [0, 0.05) is 25.5 Å². The van der Waals surface area contributed by atoms with Gasteiger partial charge >= 0.3 is 24.7 Å². The van der Waals surface area contributed by atoms with Crippen LogP contribution in [0.25, 0.3) is 0 Å². The average Bonchev–Trinajstić information content (AvgIpc) is 0.789. The molecule has 44 heteroatoms. The summed E-state index contributed by atoms with van der Waals surface area (Å²) in [5.41, 5.74) is -1.85. The van der Waals surface area contributed by atoms with Gasteiger partial charge in [0.15, 0.2) is 0 Å². The van der Waals surface area contributed by atoms with E-state index in [1.54, 1.807) is 121 Å². The van der Waals surface area contributed by atoms with Crippen LogP contribution in [-0.2, 0) is 105 Å². The molecule has 24 nitrogen and oxygen atoms in total. The molecule has 0 bridgehead atoms. The molecule has 0 saturated heterocycles. The second-order valence-corrected chi connectivity index (χ2v) is 41.9. The molecule has 0 aromatic heterocycles. The van der Waals surface area contributed by atoms with Crippen LogP contribution < -0.4 is 36.9 Å². The van der Waals surface area contributed by atoms with Crippen molar-refractivity contribution in [1.29, 1.82) is 0 Å². The second-order valence-electron chi connectivity index (χ2n) is 27.5. The molecule has 0 unspecified atom stereocenters. The Balaban J connectivity index is 0.000000211. The number of halogens is 12. The van der Waals surface area contributed by atoms with Crippen LogP contribution in [0.15, 0.2) is 284 Å². The van der Waals surface area contributed by atoms with E-state index in [-0.39, 0.29) is 73.9 Å². The molecular weight excluding hydrogens is 1830 g/mol. The Labute approximate surface area is 715 Å². The predicted molar refractivity (Wildman–Crippen MR) is 453 cm³/mol. The lowest BCUT2D eigenvalue weighted by molar-refractivity contribution is -0.144. The zero-order valence-electron chi connectivity index (χ0n) is 66.6. The van der Waals surface area contributed by atoms with Crippen LogP contribution in [0, 0.1) is 41.5 Å². The van der Waals surface area contributed by atoms with Crippen LogP contribution >= 0.6 is 0 Å². The summed E-state index contributed by atoms with van der Waals surface area (Å²) in [5.74, 6) is -0.502. The predicted octanol–water partition coefficient (Wildman–Crippen LogP) is 18.1. The summed E-state index contributed by atoms with van der Waals surface area (Å²) in [4.78, 5) is -2.61. The Hall–Kier alpha value is -11.4. The van der Waals surface area contributed by atoms with Crippen molar-refractivity contribution in [3.8, 4) is 0 Å². The second kappa shape index (κ2) is 39.0. The smallest absolute Gasteiger partial charge is 0.284 e. The molecule has 11 rings (SSSR count). The first kappa shape index (κ1) is 99.0. The monoisotopic (exact) mass is 1900 g/mol. The number of hydrogen-bond acceptors (Lipinski definition) is 16. The number of para-hydroxylation sites is 4. The minimum absolute atomic E-state index is 0.0155. The fourth-order valence-corrected chi connectivity index (χ4v) is 21.5. The van der Waals surface area contributed by atoms with Crippen molar-refractivity contribution >= 4 is 126 Å². The molecule has 0 aliphatic heterocycles. The summed E-state index contributed by atoms with van der Waals surface area (Å²) < 4.78 is 375. The summed E-state index contributed by atoms with van der Waals surface area (Å²) in [6.07, 6.45) is -21.3. The Bertz CT molecular complexity index is 6380. The maximum absolute atomic E-state index is 13.1. The van der Waals surface area contributed by atoms with E-state index < -0.39 is 148 Å². The highest BCUT2D eigenvalue weighted by molar-refractivity contribution is 7.95. The summed E-state index contributed by atoms with van der Waals surface area (Å²) in [7, 11) is -30.3. The van der Waals surface area contributed by atoms with Crippen LogP contribution in [0.5, 0.6) is 0 Å². The van der Waals surface area contributed by atoms with Crippen molar-refractivity contribution in [2.24, 2.45) is 0 Å². The highest BCUT2D eigenvalue weighted by Crippen LogP contribution is 2.41. The third-order valence-electron chi connectivity index (χ3n) is 17.7. The Kier molecular flexibility index (Phi) is 30.9. The number of hydrogen-bond donors (Lipinski definition) is 6. The molecule has 0 spiro atoms. The van der Waals surface area contributed by atoms with Gasteiger partial charge in [-0.05, 0) is 210 Å². The van der Waals surface area contributed by atoms with E-state index in [1.807, 2.05) is 65.8 Å². The lowest BCUT2D eigenvalue weighted by Crippen LogP contribution is -2.30. The number of aryl methyl sites for hydroxylation is 6. The standard InChI is InChI=1S/C24H28N2O4S2.C22H12F12N2O4S2.C19H18N2O4S2.C16H20N2O4S2/c1-15-10-17(3)23(18(4)11-15)25-31(27,28)21-8-7-9-22(14-21)32(29,30)26-24-19(5)12-16(2)13-20(24)6;23-19(24,25)11-4-12(20(26,27)28)7-15(6-11)35-41(37,38)17-2-1-3-18(10-17)42(39,40)36-16-8-13(21(29,30)31)5-14(9-16)22(32,33)34;1-21(17-11-6-3-7-12-17)27(24,25)19-14-8-13-18(15-19)26(22,23)20-16-9-4-2-5-10-16;1-18(16-11-6-3-7-12-16)24(21,22)14-8-13-23(19,20)17-15-9-4-2-5-10-15/h7-14,25-26H,1-6H3;1-10,35-36H;2-15,20H,1H3;2-7,9-12,17H,8,13-14H2,1H3. The first-order chi connectivity index (χ1) is 57.7. The Morgan fingerprint density at radius 1 is 0.264 bits per heavy atom. The molecule has 0 amide bonds. The average molecular weight is 1900 g/mol. The van der Waals surface area contributed by atoms with Gasteiger partial charge in [-0.25, -0.2) is 67.3 Å². The molecule has 0 saturated carbocycles. The number of nitrogens with one attached hydrogen (secondary N) is 6. The Morgan fingerprint density at radius 3 is 0.824 bits per heavy atom. The molecule has 0 radical (unpaired) electrons. The molecule has 0 aliphatic carbocycles. The van der Waals surface area contributed by atoms with Crippen LogP contribution in [0.4, 0.5) is 98.2 Å². The lowest BCUT2D eigenvalue weighted by Gasteiger charge is -2.19. The molecule has 0 heterocycles. The van der Waals surface area contributed by atoms with Gasteiger partial charge in [-0.2, -0.15) is 52.7 Å². The third-order valence-corrected chi connectivity index (χ3v) is 29.5. The quantitative estimate of drug-likeness (QED) is 0.0274. The fourth-order valence-electron chi connectivity index (χ4n) is 11.7. The molecule has 11 aromatic rings. The fraction of sp³-hybridized carbons (Fsp3) is 0.185. The summed E-state index contributed by atoms with van der Waals surface area (Å²) >= 11 is 0. The molecule has 6 N–H and O–H groups in total. The van der Waals surface area contributed by atoms with Crippen molar-refractivity contribution in [2.45, 2.75) is 102 Å². The number of nitrogens with zero attached hydrogens (tertiary/aromatic N) is 2. The van der Waals surface area contributed by atoms with Gasteiger partial charge in [0.1, 0.15) is 0 Å². The molecule has 0 aliphatic rings. The van der Waals surface area contributed by atoms with Crippen molar-refractivity contribution in [1.82, 2.24) is 0 Å². The van der Waals surface area contributed by atoms with E-state index in [9.17, 15) is 120 Å².